The quantitative estimate of drug-likeness (QED) is 0.411. The number of alkyl halides is 3. The fourth-order valence-electron chi connectivity index (χ4n) is 3.26. The summed E-state index contributed by atoms with van der Waals surface area (Å²) in [7, 11) is 0. The molecule has 0 aliphatic heterocycles. The summed E-state index contributed by atoms with van der Waals surface area (Å²) in [6, 6.07) is 14.4. The van der Waals surface area contributed by atoms with Gasteiger partial charge in [-0.15, -0.1) is 0 Å². The molecule has 4 aromatic rings. The predicted octanol–water partition coefficient (Wildman–Crippen LogP) is 5.00. The second-order valence-electron chi connectivity index (χ2n) is 7.61. The molecule has 7 nitrogen and oxygen atoms in total. The highest BCUT2D eigenvalue weighted by molar-refractivity contribution is 5.94. The van der Waals surface area contributed by atoms with Gasteiger partial charge in [-0.05, 0) is 55.8 Å². The monoisotopic (exact) mass is 470 g/mol. The lowest BCUT2D eigenvalue weighted by Gasteiger charge is -2.09. The summed E-state index contributed by atoms with van der Waals surface area (Å²) >= 11 is 0. The summed E-state index contributed by atoms with van der Waals surface area (Å²) in [5.41, 5.74) is 2.36. The first-order chi connectivity index (χ1) is 16.2. The normalized spacial score (nSPS) is 11.4. The molecule has 0 radical (unpaired) electrons. The highest BCUT2D eigenvalue weighted by atomic mass is 19.4. The number of amides is 1. The van der Waals surface area contributed by atoms with E-state index in [1.807, 2.05) is 13.8 Å². The van der Waals surface area contributed by atoms with Crippen LogP contribution in [0.2, 0.25) is 0 Å². The Morgan fingerprint density at radius 2 is 1.88 bits per heavy atom. The first kappa shape index (κ1) is 23.1. The summed E-state index contributed by atoms with van der Waals surface area (Å²) in [6.45, 7) is 4.17. The molecule has 2 heterocycles. The SMILES string of the molecule is Cc1noc(C)c1COc1cccc(C(=O)NCc2ccc(-n3ccc(C(F)(F)F)n3)cc2)c1. The zero-order valence-electron chi connectivity index (χ0n) is 18.4. The van der Waals surface area contributed by atoms with E-state index in [2.05, 4.69) is 15.6 Å². The van der Waals surface area contributed by atoms with E-state index >= 15 is 0 Å². The van der Waals surface area contributed by atoms with Crippen molar-refractivity contribution in [2.24, 2.45) is 0 Å². The van der Waals surface area contributed by atoms with Gasteiger partial charge in [-0.1, -0.05) is 23.4 Å². The number of nitrogens with zero attached hydrogens (tertiary/aromatic N) is 3. The molecule has 2 aromatic carbocycles. The van der Waals surface area contributed by atoms with Gasteiger partial charge < -0.3 is 14.6 Å². The van der Waals surface area contributed by atoms with Crippen LogP contribution in [-0.4, -0.2) is 20.8 Å². The fraction of sp³-hybridized carbons (Fsp3) is 0.208. The largest absolute Gasteiger partial charge is 0.489 e. The Morgan fingerprint density at radius 3 is 2.53 bits per heavy atom. The molecular weight excluding hydrogens is 449 g/mol. The predicted molar refractivity (Wildman–Crippen MR) is 116 cm³/mol. The van der Waals surface area contributed by atoms with Gasteiger partial charge in [-0.25, -0.2) is 4.68 Å². The lowest BCUT2D eigenvalue weighted by atomic mass is 10.1. The molecule has 0 saturated heterocycles. The van der Waals surface area contributed by atoms with Crippen molar-refractivity contribution in [3.05, 3.63) is 94.6 Å². The summed E-state index contributed by atoms with van der Waals surface area (Å²) < 4.78 is 50.3. The van der Waals surface area contributed by atoms with Crippen molar-refractivity contribution in [3.8, 4) is 11.4 Å². The van der Waals surface area contributed by atoms with E-state index in [0.717, 1.165) is 27.6 Å². The van der Waals surface area contributed by atoms with E-state index in [-0.39, 0.29) is 19.1 Å². The number of nitrogens with one attached hydrogen (secondary N) is 1. The Balaban J connectivity index is 1.34. The summed E-state index contributed by atoms with van der Waals surface area (Å²) in [4.78, 5) is 12.6. The van der Waals surface area contributed by atoms with Crippen LogP contribution >= 0.6 is 0 Å². The van der Waals surface area contributed by atoms with Crippen molar-refractivity contribution in [2.45, 2.75) is 33.2 Å². The highest BCUT2D eigenvalue weighted by Crippen LogP contribution is 2.28. The molecular formula is C24H21F3N4O3. The molecule has 0 spiro atoms. The van der Waals surface area contributed by atoms with Crippen LogP contribution in [0.5, 0.6) is 5.75 Å². The smallest absolute Gasteiger partial charge is 0.435 e. The summed E-state index contributed by atoms with van der Waals surface area (Å²) in [6.07, 6.45) is -3.24. The van der Waals surface area contributed by atoms with E-state index in [1.165, 1.54) is 6.20 Å². The van der Waals surface area contributed by atoms with Crippen LogP contribution in [0.4, 0.5) is 13.2 Å². The first-order valence-corrected chi connectivity index (χ1v) is 10.4. The maximum absolute atomic E-state index is 12.7. The Hall–Kier alpha value is -4.08. The minimum Gasteiger partial charge on any atom is -0.489 e. The second-order valence-corrected chi connectivity index (χ2v) is 7.61. The van der Waals surface area contributed by atoms with Crippen LogP contribution in [0.25, 0.3) is 5.69 Å². The van der Waals surface area contributed by atoms with Crippen LogP contribution in [0.3, 0.4) is 0 Å². The van der Waals surface area contributed by atoms with Crippen LogP contribution in [0, 0.1) is 13.8 Å². The van der Waals surface area contributed by atoms with Gasteiger partial charge in [0.1, 0.15) is 18.1 Å². The number of halogens is 3. The number of carbonyl (C=O) groups is 1. The number of hydrogen-bond donors (Lipinski definition) is 1. The maximum Gasteiger partial charge on any atom is 0.435 e. The molecule has 1 N–H and O–H groups in total. The van der Waals surface area contributed by atoms with Gasteiger partial charge in [0.15, 0.2) is 5.69 Å². The third-order valence-corrected chi connectivity index (χ3v) is 5.19. The minimum absolute atomic E-state index is 0.246. The highest BCUT2D eigenvalue weighted by Gasteiger charge is 2.33. The van der Waals surface area contributed by atoms with Crippen molar-refractivity contribution in [3.63, 3.8) is 0 Å². The van der Waals surface area contributed by atoms with E-state index < -0.39 is 11.9 Å². The van der Waals surface area contributed by atoms with Crippen molar-refractivity contribution < 1.29 is 27.2 Å². The van der Waals surface area contributed by atoms with Gasteiger partial charge in [0.25, 0.3) is 5.91 Å². The van der Waals surface area contributed by atoms with Gasteiger partial charge >= 0.3 is 6.18 Å². The molecule has 0 bridgehead atoms. The molecule has 0 unspecified atom stereocenters. The fourth-order valence-corrected chi connectivity index (χ4v) is 3.26. The molecule has 0 aliphatic rings. The number of benzene rings is 2. The average Bonchev–Trinajstić information content (AvgIpc) is 3.44. The third kappa shape index (κ3) is 5.28. The molecule has 0 fully saturated rings. The molecule has 1 amide bonds. The Kier molecular flexibility index (Phi) is 6.40. The van der Waals surface area contributed by atoms with E-state index in [0.29, 0.717) is 22.8 Å². The number of carbonyl (C=O) groups excluding carboxylic acids is 1. The summed E-state index contributed by atoms with van der Waals surface area (Å²) in [5.74, 6) is 0.939. The van der Waals surface area contributed by atoms with Crippen LogP contribution < -0.4 is 10.1 Å². The maximum atomic E-state index is 12.7. The number of hydrogen-bond acceptors (Lipinski definition) is 5. The second kappa shape index (κ2) is 9.42. The number of aryl methyl sites for hydroxylation is 2. The molecule has 0 aliphatic carbocycles. The number of ether oxygens (including phenoxy) is 1. The average molecular weight is 470 g/mol. The van der Waals surface area contributed by atoms with Crippen molar-refractivity contribution in [2.75, 3.05) is 0 Å². The Labute approximate surface area is 193 Å². The lowest BCUT2D eigenvalue weighted by Crippen LogP contribution is -2.22. The third-order valence-electron chi connectivity index (χ3n) is 5.19. The van der Waals surface area contributed by atoms with Crippen molar-refractivity contribution in [1.29, 1.82) is 0 Å². The standard InChI is InChI=1S/C24H21F3N4O3/c1-15-21(16(2)34-30-15)14-33-20-5-3-4-18(12-20)23(32)28-13-17-6-8-19(9-7-17)31-11-10-22(29-31)24(25,26)27/h3-12H,13-14H2,1-2H3,(H,28,32). The molecule has 176 valence electrons. The Bertz CT molecular complexity index is 1270. The summed E-state index contributed by atoms with van der Waals surface area (Å²) in [5, 5.41) is 10.3. The van der Waals surface area contributed by atoms with Crippen LogP contribution in [0.15, 0.2) is 65.3 Å². The van der Waals surface area contributed by atoms with Crippen LogP contribution in [-0.2, 0) is 19.3 Å². The number of rotatable bonds is 7. The van der Waals surface area contributed by atoms with Gasteiger partial charge in [0, 0.05) is 18.3 Å². The molecule has 34 heavy (non-hydrogen) atoms. The van der Waals surface area contributed by atoms with Crippen molar-refractivity contribution in [1.82, 2.24) is 20.3 Å². The van der Waals surface area contributed by atoms with Gasteiger partial charge in [-0.3, -0.25) is 4.79 Å². The topological polar surface area (TPSA) is 82.2 Å². The van der Waals surface area contributed by atoms with Gasteiger partial charge in [0.2, 0.25) is 0 Å². The van der Waals surface area contributed by atoms with E-state index in [4.69, 9.17) is 9.26 Å². The van der Waals surface area contributed by atoms with Crippen molar-refractivity contribution >= 4 is 5.91 Å². The van der Waals surface area contributed by atoms with Gasteiger partial charge in [0.05, 0.1) is 16.9 Å². The molecule has 0 atom stereocenters. The van der Waals surface area contributed by atoms with E-state index in [1.54, 1.807) is 48.5 Å². The first-order valence-electron chi connectivity index (χ1n) is 10.4. The molecule has 4 rings (SSSR count). The minimum atomic E-state index is -4.49. The van der Waals surface area contributed by atoms with Gasteiger partial charge in [-0.2, -0.15) is 18.3 Å². The van der Waals surface area contributed by atoms with Crippen LogP contribution in [0.1, 0.15) is 38.6 Å². The molecule has 0 saturated carbocycles. The Morgan fingerprint density at radius 1 is 1.12 bits per heavy atom. The zero-order valence-corrected chi connectivity index (χ0v) is 18.4. The zero-order chi connectivity index (χ0) is 24.3. The molecule has 2 aromatic heterocycles. The number of aromatic nitrogens is 3. The molecule has 10 heteroatoms. The van der Waals surface area contributed by atoms with E-state index in [9.17, 15) is 18.0 Å². The lowest BCUT2D eigenvalue weighted by molar-refractivity contribution is -0.141.